The highest BCUT2D eigenvalue weighted by Gasteiger charge is 2.42. The predicted molar refractivity (Wildman–Crippen MR) is 117 cm³/mol. The molecule has 1 aliphatic rings. The Hall–Kier alpha value is -2.90. The topological polar surface area (TPSA) is 69.0 Å². The number of carbonyl (C=O) groups is 1. The maximum Gasteiger partial charge on any atom is 0.290 e. The minimum absolute atomic E-state index is 0.0860. The minimum Gasteiger partial charge on any atom is -0.490 e. The van der Waals surface area contributed by atoms with Gasteiger partial charge in [0.1, 0.15) is 17.9 Å². The highest BCUT2D eigenvalue weighted by Crippen LogP contribution is 2.38. The van der Waals surface area contributed by atoms with E-state index in [-0.39, 0.29) is 17.1 Å². The molecule has 1 amide bonds. The van der Waals surface area contributed by atoms with Crippen LogP contribution in [0.2, 0.25) is 0 Å². The average Bonchev–Trinajstić information content (AvgIpc) is 3.03. The van der Waals surface area contributed by atoms with E-state index in [9.17, 15) is 9.59 Å². The molecule has 0 N–H and O–H groups in total. The van der Waals surface area contributed by atoms with Gasteiger partial charge in [0.2, 0.25) is 5.76 Å². The number of amides is 1. The van der Waals surface area contributed by atoms with Gasteiger partial charge in [0.05, 0.1) is 23.6 Å². The van der Waals surface area contributed by atoms with Crippen LogP contribution in [0.1, 0.15) is 27.7 Å². The molecule has 3 aromatic rings. The summed E-state index contributed by atoms with van der Waals surface area (Å²) in [6.45, 7) is 4.71. The Kier molecular flexibility index (Phi) is 5.74. The molecule has 0 spiro atoms. The lowest BCUT2D eigenvalue weighted by Crippen LogP contribution is -2.32. The molecule has 1 unspecified atom stereocenters. The fourth-order valence-corrected chi connectivity index (χ4v) is 4.02. The zero-order valence-corrected chi connectivity index (χ0v) is 18.0. The van der Waals surface area contributed by atoms with Gasteiger partial charge in [-0.15, -0.1) is 0 Å². The number of hydrogen-bond acceptors (Lipinski definition) is 5. The first-order valence-electron chi connectivity index (χ1n) is 9.45. The van der Waals surface area contributed by atoms with E-state index in [0.717, 1.165) is 10.0 Å². The molecule has 154 valence electrons. The standard InChI is InChI=1S/C23H20BrNO5/c1-3-11-29-16-7-4-14(5-8-16)20-19-21(26)17-13-15(24)6-9-18(17)30-22(19)23(27)25(20)10-12-28-2/h3-9,13,20H,1,10-12H2,2H3. The number of ether oxygens (including phenoxy) is 2. The first-order chi connectivity index (χ1) is 14.5. The fourth-order valence-electron chi connectivity index (χ4n) is 3.66. The maximum absolute atomic E-state index is 13.4. The van der Waals surface area contributed by atoms with Gasteiger partial charge in [0.15, 0.2) is 5.43 Å². The molecule has 2 heterocycles. The van der Waals surface area contributed by atoms with Gasteiger partial charge in [0, 0.05) is 18.1 Å². The molecule has 30 heavy (non-hydrogen) atoms. The second-order valence-electron chi connectivity index (χ2n) is 6.88. The summed E-state index contributed by atoms with van der Waals surface area (Å²) in [4.78, 5) is 28.2. The van der Waals surface area contributed by atoms with Crippen molar-refractivity contribution in [2.45, 2.75) is 6.04 Å². The first-order valence-corrected chi connectivity index (χ1v) is 10.2. The molecule has 7 heteroatoms. The van der Waals surface area contributed by atoms with Crippen LogP contribution in [-0.2, 0) is 4.74 Å². The van der Waals surface area contributed by atoms with Gasteiger partial charge in [-0.25, -0.2) is 0 Å². The van der Waals surface area contributed by atoms with Crippen molar-refractivity contribution in [3.63, 3.8) is 0 Å². The first kappa shape index (κ1) is 20.4. The van der Waals surface area contributed by atoms with Crippen LogP contribution < -0.4 is 10.2 Å². The number of nitrogens with zero attached hydrogens (tertiary/aromatic N) is 1. The highest BCUT2D eigenvalue weighted by atomic mass is 79.9. The van der Waals surface area contributed by atoms with E-state index in [0.29, 0.717) is 42.0 Å². The highest BCUT2D eigenvalue weighted by molar-refractivity contribution is 9.10. The van der Waals surface area contributed by atoms with Crippen LogP contribution in [0, 0.1) is 0 Å². The van der Waals surface area contributed by atoms with E-state index in [1.807, 2.05) is 24.3 Å². The lowest BCUT2D eigenvalue weighted by atomic mass is 9.98. The number of halogens is 1. The van der Waals surface area contributed by atoms with Crippen molar-refractivity contribution in [3.8, 4) is 5.75 Å². The van der Waals surface area contributed by atoms with E-state index in [1.165, 1.54) is 0 Å². The summed E-state index contributed by atoms with van der Waals surface area (Å²) in [6.07, 6.45) is 1.67. The summed E-state index contributed by atoms with van der Waals surface area (Å²) in [5.74, 6) is 0.449. The Morgan fingerprint density at radius 3 is 2.67 bits per heavy atom. The molecule has 0 saturated carbocycles. The molecule has 0 bridgehead atoms. The third-order valence-corrected chi connectivity index (χ3v) is 5.52. The molecule has 0 saturated heterocycles. The van der Waals surface area contributed by atoms with Crippen molar-refractivity contribution in [2.24, 2.45) is 0 Å². The Morgan fingerprint density at radius 2 is 1.97 bits per heavy atom. The van der Waals surface area contributed by atoms with E-state index in [2.05, 4.69) is 22.5 Å². The summed E-state index contributed by atoms with van der Waals surface area (Å²) >= 11 is 3.40. The van der Waals surface area contributed by atoms with Crippen LogP contribution in [0.25, 0.3) is 11.0 Å². The van der Waals surface area contributed by atoms with Gasteiger partial charge >= 0.3 is 0 Å². The van der Waals surface area contributed by atoms with Crippen molar-refractivity contribution in [1.29, 1.82) is 0 Å². The summed E-state index contributed by atoms with van der Waals surface area (Å²) in [5.41, 5.74) is 1.32. The van der Waals surface area contributed by atoms with Gasteiger partial charge < -0.3 is 18.8 Å². The van der Waals surface area contributed by atoms with E-state index < -0.39 is 6.04 Å². The summed E-state index contributed by atoms with van der Waals surface area (Å²) in [5, 5.41) is 0.431. The smallest absolute Gasteiger partial charge is 0.290 e. The molecule has 6 nitrogen and oxygen atoms in total. The van der Waals surface area contributed by atoms with Crippen LogP contribution in [0.3, 0.4) is 0 Å². The third kappa shape index (κ3) is 3.55. The fraction of sp³-hybridized carbons (Fsp3) is 0.217. The van der Waals surface area contributed by atoms with Gasteiger partial charge in [0.25, 0.3) is 5.91 Å². The second-order valence-corrected chi connectivity index (χ2v) is 7.79. The predicted octanol–water partition coefficient (Wildman–Crippen LogP) is 4.31. The van der Waals surface area contributed by atoms with Crippen molar-refractivity contribution in [1.82, 2.24) is 4.90 Å². The number of hydrogen-bond donors (Lipinski definition) is 0. The molecule has 0 aliphatic carbocycles. The van der Waals surface area contributed by atoms with Crippen molar-refractivity contribution >= 4 is 32.8 Å². The van der Waals surface area contributed by atoms with Gasteiger partial charge in [-0.05, 0) is 35.9 Å². The van der Waals surface area contributed by atoms with Crippen LogP contribution in [0.4, 0.5) is 0 Å². The van der Waals surface area contributed by atoms with Crippen LogP contribution >= 0.6 is 15.9 Å². The normalized spacial score (nSPS) is 15.5. The number of fused-ring (bicyclic) bond motifs is 2. The number of benzene rings is 2. The van der Waals surface area contributed by atoms with E-state index >= 15 is 0 Å². The maximum atomic E-state index is 13.4. The van der Waals surface area contributed by atoms with E-state index in [1.54, 1.807) is 36.3 Å². The average molecular weight is 470 g/mol. The Morgan fingerprint density at radius 1 is 1.20 bits per heavy atom. The number of methoxy groups -OCH3 is 1. The van der Waals surface area contributed by atoms with E-state index in [4.69, 9.17) is 13.9 Å². The lowest BCUT2D eigenvalue weighted by Gasteiger charge is -2.25. The number of rotatable bonds is 7. The van der Waals surface area contributed by atoms with Gasteiger partial charge in [-0.3, -0.25) is 9.59 Å². The molecule has 4 rings (SSSR count). The third-order valence-electron chi connectivity index (χ3n) is 5.03. The van der Waals surface area contributed by atoms with Crippen molar-refractivity contribution < 1.29 is 18.7 Å². The molecular weight excluding hydrogens is 450 g/mol. The molecule has 0 fully saturated rings. The molecule has 0 radical (unpaired) electrons. The summed E-state index contributed by atoms with van der Waals surface area (Å²) in [6, 6.07) is 12.0. The monoisotopic (exact) mass is 469 g/mol. The van der Waals surface area contributed by atoms with Gasteiger partial charge in [-0.1, -0.05) is 40.7 Å². The second kappa shape index (κ2) is 8.45. The minimum atomic E-state index is -0.560. The largest absolute Gasteiger partial charge is 0.490 e. The van der Waals surface area contributed by atoms with Gasteiger partial charge in [-0.2, -0.15) is 0 Å². The zero-order valence-electron chi connectivity index (χ0n) is 16.4. The summed E-state index contributed by atoms with van der Waals surface area (Å²) in [7, 11) is 1.57. The van der Waals surface area contributed by atoms with Crippen LogP contribution in [-0.4, -0.2) is 37.7 Å². The molecule has 1 atom stereocenters. The Bertz CT molecular complexity index is 1170. The Balaban J connectivity index is 1.86. The SMILES string of the molecule is C=CCOc1ccc(C2c3c(oc4ccc(Br)cc4c3=O)C(=O)N2CCOC)cc1. The van der Waals surface area contributed by atoms with Crippen LogP contribution in [0.15, 0.2) is 68.8 Å². The molecule has 1 aliphatic heterocycles. The zero-order chi connectivity index (χ0) is 21.3. The molecule has 2 aromatic carbocycles. The lowest BCUT2D eigenvalue weighted by molar-refractivity contribution is 0.0663. The molecular formula is C23H20BrNO5. The van der Waals surface area contributed by atoms with Crippen LogP contribution in [0.5, 0.6) is 5.75 Å². The van der Waals surface area contributed by atoms with Crippen molar-refractivity contribution in [2.75, 3.05) is 26.9 Å². The van der Waals surface area contributed by atoms with Crippen molar-refractivity contribution in [3.05, 3.63) is 86.7 Å². The Labute approximate surface area is 181 Å². The number of carbonyl (C=O) groups excluding carboxylic acids is 1. The molecule has 1 aromatic heterocycles. The summed E-state index contributed by atoms with van der Waals surface area (Å²) < 4.78 is 17.4. The quantitative estimate of drug-likeness (QED) is 0.482.